The fourth-order valence-electron chi connectivity index (χ4n) is 3.02. The number of aliphatic hydroxyl groups excluding tert-OH is 1. The minimum atomic E-state index is 0.139. The molecule has 2 rings (SSSR count). The summed E-state index contributed by atoms with van der Waals surface area (Å²) in [7, 11) is 0. The SMILES string of the molecule is CCC1CC(C)CCC1Nc1cnn(CCO)c1. The van der Waals surface area contributed by atoms with Gasteiger partial charge in [-0.3, -0.25) is 4.68 Å². The molecule has 18 heavy (non-hydrogen) atoms. The van der Waals surface area contributed by atoms with Crippen molar-refractivity contribution in [2.24, 2.45) is 11.8 Å². The highest BCUT2D eigenvalue weighted by atomic mass is 16.3. The molecular formula is C14H25N3O. The zero-order valence-electron chi connectivity index (χ0n) is 11.5. The third-order valence-corrected chi connectivity index (χ3v) is 4.08. The number of aromatic nitrogens is 2. The van der Waals surface area contributed by atoms with Crippen LogP contribution < -0.4 is 5.32 Å². The van der Waals surface area contributed by atoms with E-state index in [1.165, 1.54) is 25.7 Å². The van der Waals surface area contributed by atoms with Gasteiger partial charge in [0.15, 0.2) is 0 Å². The van der Waals surface area contributed by atoms with Crippen LogP contribution in [0.5, 0.6) is 0 Å². The first-order valence-electron chi connectivity index (χ1n) is 7.12. The van der Waals surface area contributed by atoms with Crippen LogP contribution in [0.2, 0.25) is 0 Å². The lowest BCUT2D eigenvalue weighted by Gasteiger charge is -2.35. The maximum atomic E-state index is 8.88. The third-order valence-electron chi connectivity index (χ3n) is 4.08. The van der Waals surface area contributed by atoms with E-state index < -0.39 is 0 Å². The fraction of sp³-hybridized carbons (Fsp3) is 0.786. The lowest BCUT2D eigenvalue weighted by molar-refractivity contribution is 0.253. The van der Waals surface area contributed by atoms with E-state index in [0.29, 0.717) is 12.6 Å². The molecule has 2 N–H and O–H groups in total. The maximum Gasteiger partial charge on any atom is 0.0728 e. The summed E-state index contributed by atoms with van der Waals surface area (Å²) in [6.45, 7) is 5.35. The van der Waals surface area contributed by atoms with E-state index in [1.807, 2.05) is 12.4 Å². The molecular weight excluding hydrogens is 226 g/mol. The van der Waals surface area contributed by atoms with Crippen LogP contribution in [0.25, 0.3) is 0 Å². The van der Waals surface area contributed by atoms with E-state index >= 15 is 0 Å². The highest BCUT2D eigenvalue weighted by Gasteiger charge is 2.27. The van der Waals surface area contributed by atoms with Crippen LogP contribution in [0.15, 0.2) is 12.4 Å². The maximum absolute atomic E-state index is 8.88. The van der Waals surface area contributed by atoms with Gasteiger partial charge in [0, 0.05) is 12.2 Å². The van der Waals surface area contributed by atoms with Crippen LogP contribution in [0.4, 0.5) is 5.69 Å². The molecule has 0 spiro atoms. The molecule has 1 fully saturated rings. The number of nitrogens with one attached hydrogen (secondary N) is 1. The Kier molecular flexibility index (Phi) is 4.64. The molecule has 1 aliphatic rings. The van der Waals surface area contributed by atoms with Crippen molar-refractivity contribution in [2.75, 3.05) is 11.9 Å². The first-order valence-corrected chi connectivity index (χ1v) is 7.12. The molecule has 3 unspecified atom stereocenters. The minimum absolute atomic E-state index is 0.139. The Hall–Kier alpha value is -1.03. The minimum Gasteiger partial charge on any atom is -0.394 e. The highest BCUT2D eigenvalue weighted by Crippen LogP contribution is 2.32. The molecule has 4 nitrogen and oxygen atoms in total. The Morgan fingerprint density at radius 2 is 2.33 bits per heavy atom. The molecule has 0 aliphatic heterocycles. The first kappa shape index (κ1) is 13.4. The van der Waals surface area contributed by atoms with Crippen LogP contribution in [0, 0.1) is 11.8 Å². The Labute approximate surface area is 109 Å². The topological polar surface area (TPSA) is 50.1 Å². The van der Waals surface area contributed by atoms with E-state index in [9.17, 15) is 0 Å². The van der Waals surface area contributed by atoms with Gasteiger partial charge in [-0.2, -0.15) is 5.10 Å². The van der Waals surface area contributed by atoms with E-state index in [2.05, 4.69) is 24.3 Å². The Bertz CT molecular complexity index is 364. The van der Waals surface area contributed by atoms with Crippen LogP contribution >= 0.6 is 0 Å². The highest BCUT2D eigenvalue weighted by molar-refractivity contribution is 5.39. The van der Waals surface area contributed by atoms with Crippen LogP contribution in [0.3, 0.4) is 0 Å². The summed E-state index contributed by atoms with van der Waals surface area (Å²) in [5, 5.41) is 16.7. The molecule has 1 aliphatic carbocycles. The van der Waals surface area contributed by atoms with Gasteiger partial charge in [-0.05, 0) is 31.1 Å². The first-order chi connectivity index (χ1) is 8.72. The van der Waals surface area contributed by atoms with Crippen molar-refractivity contribution in [3.63, 3.8) is 0 Å². The molecule has 0 amide bonds. The summed E-state index contributed by atoms with van der Waals surface area (Å²) in [5.74, 6) is 1.64. The average molecular weight is 251 g/mol. The van der Waals surface area contributed by atoms with Gasteiger partial charge in [0.05, 0.1) is 25.0 Å². The molecule has 0 radical (unpaired) electrons. The van der Waals surface area contributed by atoms with E-state index in [4.69, 9.17) is 5.11 Å². The van der Waals surface area contributed by atoms with Crippen molar-refractivity contribution in [1.82, 2.24) is 9.78 Å². The number of hydrogen-bond acceptors (Lipinski definition) is 3. The fourth-order valence-corrected chi connectivity index (χ4v) is 3.02. The second kappa shape index (κ2) is 6.23. The van der Waals surface area contributed by atoms with Crippen molar-refractivity contribution < 1.29 is 5.11 Å². The largest absolute Gasteiger partial charge is 0.394 e. The molecule has 0 bridgehead atoms. The molecule has 1 saturated carbocycles. The third kappa shape index (κ3) is 3.25. The average Bonchev–Trinajstić information content (AvgIpc) is 2.79. The normalized spacial score (nSPS) is 28.3. The van der Waals surface area contributed by atoms with Gasteiger partial charge in [0.2, 0.25) is 0 Å². The van der Waals surface area contributed by atoms with Crippen LogP contribution in [0.1, 0.15) is 39.5 Å². The Balaban J connectivity index is 1.94. The lowest BCUT2D eigenvalue weighted by atomic mass is 9.77. The van der Waals surface area contributed by atoms with Crippen LogP contribution in [-0.2, 0) is 6.54 Å². The number of anilines is 1. The summed E-state index contributed by atoms with van der Waals surface area (Å²) < 4.78 is 1.79. The number of hydrogen-bond donors (Lipinski definition) is 2. The molecule has 1 aromatic rings. The molecule has 1 aromatic heterocycles. The van der Waals surface area contributed by atoms with Crippen molar-refractivity contribution in [2.45, 2.75) is 52.1 Å². The standard InChI is InChI=1S/C14H25N3O/c1-3-12-8-11(2)4-5-14(12)16-13-9-15-17(10-13)6-7-18/h9-12,14,16,18H,3-8H2,1-2H3. The molecule has 3 atom stereocenters. The van der Waals surface area contributed by atoms with E-state index in [0.717, 1.165) is 17.5 Å². The Morgan fingerprint density at radius 3 is 3.06 bits per heavy atom. The summed E-state index contributed by atoms with van der Waals surface area (Å²) >= 11 is 0. The molecule has 102 valence electrons. The number of aliphatic hydroxyl groups is 1. The second-order valence-corrected chi connectivity index (χ2v) is 5.55. The van der Waals surface area contributed by atoms with Gasteiger partial charge in [0.25, 0.3) is 0 Å². The number of rotatable bonds is 5. The van der Waals surface area contributed by atoms with Crippen LogP contribution in [-0.4, -0.2) is 27.5 Å². The number of nitrogens with zero attached hydrogens (tertiary/aromatic N) is 2. The summed E-state index contributed by atoms with van der Waals surface area (Å²) in [5.41, 5.74) is 1.08. The summed E-state index contributed by atoms with van der Waals surface area (Å²) in [4.78, 5) is 0. The van der Waals surface area contributed by atoms with Gasteiger partial charge in [-0.25, -0.2) is 0 Å². The quantitative estimate of drug-likeness (QED) is 0.845. The lowest BCUT2D eigenvalue weighted by Crippen LogP contribution is -2.34. The zero-order valence-corrected chi connectivity index (χ0v) is 11.5. The summed E-state index contributed by atoms with van der Waals surface area (Å²) in [6, 6.07) is 0.581. The van der Waals surface area contributed by atoms with Gasteiger partial charge < -0.3 is 10.4 Å². The smallest absolute Gasteiger partial charge is 0.0728 e. The molecule has 0 saturated heterocycles. The second-order valence-electron chi connectivity index (χ2n) is 5.55. The van der Waals surface area contributed by atoms with Crippen molar-refractivity contribution >= 4 is 5.69 Å². The van der Waals surface area contributed by atoms with Crippen molar-refractivity contribution in [3.8, 4) is 0 Å². The van der Waals surface area contributed by atoms with Gasteiger partial charge in [-0.1, -0.05) is 20.3 Å². The predicted molar refractivity (Wildman–Crippen MR) is 73.5 cm³/mol. The van der Waals surface area contributed by atoms with Gasteiger partial charge in [0.1, 0.15) is 0 Å². The van der Waals surface area contributed by atoms with Gasteiger partial charge >= 0.3 is 0 Å². The van der Waals surface area contributed by atoms with Crippen molar-refractivity contribution in [3.05, 3.63) is 12.4 Å². The van der Waals surface area contributed by atoms with Crippen molar-refractivity contribution in [1.29, 1.82) is 0 Å². The van der Waals surface area contributed by atoms with E-state index in [-0.39, 0.29) is 6.61 Å². The molecule has 0 aromatic carbocycles. The van der Waals surface area contributed by atoms with E-state index in [1.54, 1.807) is 4.68 Å². The zero-order chi connectivity index (χ0) is 13.0. The summed E-state index contributed by atoms with van der Waals surface area (Å²) in [6.07, 6.45) is 9.00. The Morgan fingerprint density at radius 1 is 1.50 bits per heavy atom. The molecule has 1 heterocycles. The van der Waals surface area contributed by atoms with Gasteiger partial charge in [-0.15, -0.1) is 0 Å². The molecule has 4 heteroatoms. The monoisotopic (exact) mass is 251 g/mol. The predicted octanol–water partition coefficient (Wildman–Crippen LogP) is 2.50.